The predicted octanol–water partition coefficient (Wildman–Crippen LogP) is 1.66. The highest BCUT2D eigenvalue weighted by Crippen LogP contribution is 2.13. The van der Waals surface area contributed by atoms with Crippen LogP contribution in [0.4, 0.5) is 0 Å². The minimum atomic E-state index is -0.241. The van der Waals surface area contributed by atoms with E-state index < -0.39 is 0 Å². The zero-order valence-corrected chi connectivity index (χ0v) is 14.7. The predicted molar refractivity (Wildman–Crippen MR) is 93.7 cm³/mol. The van der Waals surface area contributed by atoms with Gasteiger partial charge in [0.25, 0.3) is 0 Å². The van der Waals surface area contributed by atoms with E-state index in [9.17, 15) is 4.79 Å². The summed E-state index contributed by atoms with van der Waals surface area (Å²) in [5, 5.41) is 9.07. The molecule has 0 aliphatic heterocycles. The van der Waals surface area contributed by atoms with Crippen LogP contribution in [0.1, 0.15) is 33.3 Å². The smallest absolute Gasteiger partial charge is 0.239 e. The number of amides is 1. The van der Waals surface area contributed by atoms with E-state index in [1.54, 1.807) is 7.11 Å². The Kier molecular flexibility index (Phi) is 7.38. The number of aliphatic imine (C=N–C) groups is 1. The fourth-order valence-electron chi connectivity index (χ4n) is 1.91. The Balaban J connectivity index is 2.60. The summed E-state index contributed by atoms with van der Waals surface area (Å²) in [4.78, 5) is 16.3. The standard InChI is InChI=1S/C17H28N4O2/c1-6-18-16(20-12-15(22)21-17(2,3)4)19-11-13-8-7-9-14(10-13)23-5/h7-10H,6,11-12H2,1-5H3,(H,21,22)(H2,18,19,20). The topological polar surface area (TPSA) is 74.8 Å². The number of hydrogen-bond acceptors (Lipinski definition) is 3. The number of guanidine groups is 1. The molecular weight excluding hydrogens is 292 g/mol. The number of rotatable bonds is 6. The molecule has 1 aromatic rings. The Labute approximate surface area is 138 Å². The molecular formula is C17H28N4O2. The number of nitrogens with one attached hydrogen (secondary N) is 3. The molecule has 0 aliphatic rings. The van der Waals surface area contributed by atoms with Crippen LogP contribution in [0, 0.1) is 0 Å². The van der Waals surface area contributed by atoms with Crippen molar-refractivity contribution in [2.24, 2.45) is 4.99 Å². The van der Waals surface area contributed by atoms with E-state index >= 15 is 0 Å². The average molecular weight is 320 g/mol. The van der Waals surface area contributed by atoms with Crippen LogP contribution in [0.2, 0.25) is 0 Å². The third kappa shape index (κ3) is 8.09. The van der Waals surface area contributed by atoms with Crippen LogP contribution in [-0.4, -0.2) is 37.6 Å². The minimum absolute atomic E-state index is 0.0653. The van der Waals surface area contributed by atoms with Gasteiger partial charge in [0.1, 0.15) is 5.75 Å². The van der Waals surface area contributed by atoms with Crippen molar-refractivity contribution in [1.29, 1.82) is 0 Å². The van der Waals surface area contributed by atoms with Crippen LogP contribution in [0.5, 0.6) is 5.75 Å². The van der Waals surface area contributed by atoms with E-state index in [-0.39, 0.29) is 18.0 Å². The van der Waals surface area contributed by atoms with Gasteiger partial charge in [-0.2, -0.15) is 0 Å². The second-order valence-electron chi connectivity index (χ2n) is 6.20. The van der Waals surface area contributed by atoms with Gasteiger partial charge in [-0.1, -0.05) is 12.1 Å². The number of carbonyl (C=O) groups is 1. The number of nitrogens with zero attached hydrogens (tertiary/aromatic N) is 1. The van der Waals surface area contributed by atoms with Crippen molar-refractivity contribution in [3.8, 4) is 5.75 Å². The van der Waals surface area contributed by atoms with E-state index in [1.807, 2.05) is 52.0 Å². The maximum absolute atomic E-state index is 11.9. The van der Waals surface area contributed by atoms with Crippen LogP contribution < -0.4 is 20.7 Å². The molecule has 3 N–H and O–H groups in total. The average Bonchev–Trinajstić information content (AvgIpc) is 2.48. The lowest BCUT2D eigenvalue weighted by atomic mass is 10.1. The van der Waals surface area contributed by atoms with E-state index in [4.69, 9.17) is 4.74 Å². The molecule has 0 bridgehead atoms. The molecule has 0 aliphatic carbocycles. The molecule has 1 aromatic carbocycles. The van der Waals surface area contributed by atoms with Crippen LogP contribution in [0.15, 0.2) is 29.3 Å². The molecule has 0 spiro atoms. The molecule has 6 heteroatoms. The van der Waals surface area contributed by atoms with Crippen molar-refractivity contribution in [3.05, 3.63) is 29.8 Å². The van der Waals surface area contributed by atoms with Gasteiger partial charge in [-0.15, -0.1) is 0 Å². The van der Waals surface area contributed by atoms with Crippen molar-refractivity contribution in [1.82, 2.24) is 16.0 Å². The summed E-state index contributed by atoms with van der Waals surface area (Å²) < 4.78 is 5.20. The molecule has 1 amide bonds. The molecule has 0 aromatic heterocycles. The fourth-order valence-corrected chi connectivity index (χ4v) is 1.91. The SMILES string of the molecule is CCNC(=NCc1cccc(OC)c1)NCC(=O)NC(C)(C)C. The van der Waals surface area contributed by atoms with Gasteiger partial charge in [0.2, 0.25) is 5.91 Å². The van der Waals surface area contributed by atoms with Gasteiger partial charge in [-0.05, 0) is 45.4 Å². The van der Waals surface area contributed by atoms with Gasteiger partial charge in [0.15, 0.2) is 5.96 Å². The summed E-state index contributed by atoms with van der Waals surface area (Å²) in [5.74, 6) is 1.35. The number of carbonyl (C=O) groups excluding carboxylic acids is 1. The van der Waals surface area contributed by atoms with Gasteiger partial charge in [0.05, 0.1) is 20.2 Å². The monoisotopic (exact) mass is 320 g/mol. The largest absolute Gasteiger partial charge is 0.497 e. The Morgan fingerprint density at radius 1 is 1.26 bits per heavy atom. The molecule has 0 fully saturated rings. The van der Waals surface area contributed by atoms with E-state index in [1.165, 1.54) is 0 Å². The van der Waals surface area contributed by atoms with Crippen molar-refractivity contribution < 1.29 is 9.53 Å². The number of ether oxygens (including phenoxy) is 1. The van der Waals surface area contributed by atoms with E-state index in [0.717, 1.165) is 17.9 Å². The summed E-state index contributed by atoms with van der Waals surface area (Å²) in [5.41, 5.74) is 0.801. The minimum Gasteiger partial charge on any atom is -0.497 e. The van der Waals surface area contributed by atoms with Crippen LogP contribution >= 0.6 is 0 Å². The summed E-state index contributed by atoms with van der Waals surface area (Å²) in [6.45, 7) is 9.25. The maximum atomic E-state index is 11.9. The first-order chi connectivity index (χ1) is 10.8. The van der Waals surface area contributed by atoms with Crippen LogP contribution in [-0.2, 0) is 11.3 Å². The Morgan fingerprint density at radius 2 is 2.00 bits per heavy atom. The van der Waals surface area contributed by atoms with Gasteiger partial charge < -0.3 is 20.7 Å². The molecule has 128 valence electrons. The van der Waals surface area contributed by atoms with Crippen molar-refractivity contribution in [3.63, 3.8) is 0 Å². The van der Waals surface area contributed by atoms with Crippen molar-refractivity contribution in [2.45, 2.75) is 39.8 Å². The quantitative estimate of drug-likeness (QED) is 0.550. The van der Waals surface area contributed by atoms with Crippen molar-refractivity contribution in [2.75, 3.05) is 20.2 Å². The molecule has 6 nitrogen and oxygen atoms in total. The lowest BCUT2D eigenvalue weighted by Gasteiger charge is -2.21. The molecule has 23 heavy (non-hydrogen) atoms. The van der Waals surface area contributed by atoms with Gasteiger partial charge in [-0.25, -0.2) is 4.99 Å². The lowest BCUT2D eigenvalue weighted by Crippen LogP contribution is -2.48. The van der Waals surface area contributed by atoms with Gasteiger partial charge >= 0.3 is 0 Å². The van der Waals surface area contributed by atoms with E-state index in [2.05, 4.69) is 20.9 Å². The highest BCUT2D eigenvalue weighted by Gasteiger charge is 2.13. The Bertz CT molecular complexity index is 536. The van der Waals surface area contributed by atoms with Crippen LogP contribution in [0.25, 0.3) is 0 Å². The molecule has 0 radical (unpaired) electrons. The van der Waals surface area contributed by atoms with Crippen molar-refractivity contribution >= 4 is 11.9 Å². The summed E-state index contributed by atoms with van der Waals surface area (Å²) in [7, 11) is 1.64. The zero-order chi connectivity index (χ0) is 17.3. The summed E-state index contributed by atoms with van der Waals surface area (Å²) in [6.07, 6.45) is 0. The first-order valence-corrected chi connectivity index (χ1v) is 7.80. The van der Waals surface area contributed by atoms with Gasteiger partial charge in [0, 0.05) is 12.1 Å². The first kappa shape index (κ1) is 18.8. The van der Waals surface area contributed by atoms with E-state index in [0.29, 0.717) is 12.5 Å². The molecule has 0 saturated carbocycles. The summed E-state index contributed by atoms with van der Waals surface area (Å²) in [6, 6.07) is 7.76. The third-order valence-electron chi connectivity index (χ3n) is 2.83. The fraction of sp³-hybridized carbons (Fsp3) is 0.529. The number of methoxy groups -OCH3 is 1. The second kappa shape index (κ2) is 9.02. The summed E-state index contributed by atoms with van der Waals surface area (Å²) >= 11 is 0. The third-order valence-corrected chi connectivity index (χ3v) is 2.83. The maximum Gasteiger partial charge on any atom is 0.239 e. The zero-order valence-electron chi connectivity index (χ0n) is 14.7. The Morgan fingerprint density at radius 3 is 2.61 bits per heavy atom. The molecule has 0 saturated heterocycles. The normalized spacial score (nSPS) is 11.8. The highest BCUT2D eigenvalue weighted by atomic mass is 16.5. The molecule has 0 heterocycles. The van der Waals surface area contributed by atoms with Crippen LogP contribution in [0.3, 0.4) is 0 Å². The Hall–Kier alpha value is -2.24. The highest BCUT2D eigenvalue weighted by molar-refractivity contribution is 5.86. The molecule has 0 atom stereocenters. The second-order valence-corrected chi connectivity index (χ2v) is 6.20. The first-order valence-electron chi connectivity index (χ1n) is 7.80. The molecule has 0 unspecified atom stereocenters. The lowest BCUT2D eigenvalue weighted by molar-refractivity contribution is -0.121. The van der Waals surface area contributed by atoms with Gasteiger partial charge in [-0.3, -0.25) is 4.79 Å². The number of benzene rings is 1. The number of hydrogen-bond donors (Lipinski definition) is 3. The molecule has 1 rings (SSSR count).